The van der Waals surface area contributed by atoms with Gasteiger partial charge in [0.1, 0.15) is 0 Å². The fourth-order valence-corrected chi connectivity index (χ4v) is 3.58. The lowest BCUT2D eigenvalue weighted by Crippen LogP contribution is -2.34. The Morgan fingerprint density at radius 3 is 2.90 bits per heavy atom. The molecule has 1 saturated carbocycles. The van der Waals surface area contributed by atoms with E-state index in [9.17, 15) is 4.79 Å². The molecular formula is C16H23N3O. The molecule has 2 aliphatic rings. The number of anilines is 1. The third kappa shape index (κ3) is 2.86. The van der Waals surface area contributed by atoms with Gasteiger partial charge in [-0.1, -0.05) is 18.2 Å². The van der Waals surface area contributed by atoms with Gasteiger partial charge in [0.15, 0.2) is 0 Å². The van der Waals surface area contributed by atoms with Crippen LogP contribution in [0, 0.1) is 5.92 Å². The van der Waals surface area contributed by atoms with Crippen molar-refractivity contribution in [2.45, 2.75) is 38.3 Å². The van der Waals surface area contributed by atoms with Crippen molar-refractivity contribution in [3.8, 4) is 0 Å². The van der Waals surface area contributed by atoms with Gasteiger partial charge >= 0.3 is 0 Å². The number of nitrogens with two attached hydrogens (primary N) is 1. The number of para-hydroxylation sites is 1. The van der Waals surface area contributed by atoms with Crippen molar-refractivity contribution >= 4 is 11.6 Å². The second-order valence-corrected chi connectivity index (χ2v) is 5.99. The first-order valence-corrected chi connectivity index (χ1v) is 7.58. The average Bonchev–Trinajstić information content (AvgIpc) is 3.08. The molecule has 1 aliphatic carbocycles. The lowest BCUT2D eigenvalue weighted by Gasteiger charge is -2.26. The van der Waals surface area contributed by atoms with E-state index >= 15 is 0 Å². The van der Waals surface area contributed by atoms with Gasteiger partial charge in [0.05, 0.1) is 0 Å². The van der Waals surface area contributed by atoms with Gasteiger partial charge in [-0.05, 0) is 36.8 Å². The summed E-state index contributed by atoms with van der Waals surface area (Å²) in [5.41, 5.74) is 7.52. The quantitative estimate of drug-likeness (QED) is 0.862. The van der Waals surface area contributed by atoms with E-state index in [2.05, 4.69) is 10.2 Å². The van der Waals surface area contributed by atoms with Crippen LogP contribution in [0.25, 0.3) is 0 Å². The molecule has 2 unspecified atom stereocenters. The first-order valence-electron chi connectivity index (χ1n) is 7.58. The highest BCUT2D eigenvalue weighted by atomic mass is 16.1. The summed E-state index contributed by atoms with van der Waals surface area (Å²) in [6.45, 7) is 2.53. The van der Waals surface area contributed by atoms with Gasteiger partial charge in [0.25, 0.3) is 0 Å². The number of carbonyl (C=O) groups is 1. The number of hydrogen-bond donors (Lipinski definition) is 2. The highest BCUT2D eigenvalue weighted by molar-refractivity contribution is 5.91. The predicted molar refractivity (Wildman–Crippen MR) is 80.3 cm³/mol. The number of nitrogens with zero attached hydrogens (tertiary/aromatic N) is 1. The Balaban J connectivity index is 1.50. The molecule has 2 atom stereocenters. The van der Waals surface area contributed by atoms with Crippen molar-refractivity contribution in [2.24, 2.45) is 11.7 Å². The monoisotopic (exact) mass is 273 g/mol. The Morgan fingerprint density at radius 2 is 2.20 bits per heavy atom. The normalized spacial score (nSPS) is 25.1. The van der Waals surface area contributed by atoms with Crippen LogP contribution in [0.2, 0.25) is 0 Å². The summed E-state index contributed by atoms with van der Waals surface area (Å²) >= 11 is 0. The van der Waals surface area contributed by atoms with Crippen molar-refractivity contribution in [1.82, 2.24) is 4.90 Å². The van der Waals surface area contributed by atoms with Crippen LogP contribution in [-0.4, -0.2) is 29.9 Å². The minimum atomic E-state index is 0.0914. The van der Waals surface area contributed by atoms with Crippen molar-refractivity contribution in [2.75, 3.05) is 18.4 Å². The molecule has 1 aromatic rings. The Kier molecular flexibility index (Phi) is 4.03. The van der Waals surface area contributed by atoms with Gasteiger partial charge in [-0.15, -0.1) is 0 Å². The molecule has 2 bridgehead atoms. The van der Waals surface area contributed by atoms with Crippen molar-refractivity contribution in [3.05, 3.63) is 29.8 Å². The second-order valence-electron chi connectivity index (χ2n) is 5.99. The topological polar surface area (TPSA) is 58.4 Å². The van der Waals surface area contributed by atoms with Gasteiger partial charge < -0.3 is 11.1 Å². The number of hydrogen-bond acceptors (Lipinski definition) is 3. The molecule has 3 N–H and O–H groups in total. The van der Waals surface area contributed by atoms with E-state index in [1.54, 1.807) is 0 Å². The Morgan fingerprint density at radius 1 is 1.35 bits per heavy atom. The lowest BCUT2D eigenvalue weighted by molar-refractivity contribution is -0.116. The molecule has 4 nitrogen and oxygen atoms in total. The fraction of sp³-hybridized carbons (Fsp3) is 0.562. The van der Waals surface area contributed by atoms with Crippen LogP contribution in [0.5, 0.6) is 0 Å². The number of fused-ring (bicyclic) bond motifs is 2. The van der Waals surface area contributed by atoms with Gasteiger partial charge in [-0.25, -0.2) is 0 Å². The van der Waals surface area contributed by atoms with Crippen molar-refractivity contribution in [3.63, 3.8) is 0 Å². The zero-order valence-electron chi connectivity index (χ0n) is 11.8. The van der Waals surface area contributed by atoms with Crippen LogP contribution in [0.4, 0.5) is 5.69 Å². The van der Waals surface area contributed by atoms with Crippen LogP contribution in [-0.2, 0) is 11.3 Å². The molecule has 1 amide bonds. The van der Waals surface area contributed by atoms with E-state index in [4.69, 9.17) is 5.73 Å². The summed E-state index contributed by atoms with van der Waals surface area (Å²) in [5, 5.41) is 2.98. The van der Waals surface area contributed by atoms with E-state index < -0.39 is 0 Å². The van der Waals surface area contributed by atoms with Crippen LogP contribution in [0.3, 0.4) is 0 Å². The second kappa shape index (κ2) is 5.94. The summed E-state index contributed by atoms with van der Waals surface area (Å²) in [5.74, 6) is 0.981. The standard InChI is InChI=1S/C16H23N3O/c17-10-13-3-1-2-4-15(13)18-16(20)7-8-19-11-12-5-6-14(19)9-12/h1-4,12,14H,5-11,17H2,(H,18,20). The van der Waals surface area contributed by atoms with Crippen molar-refractivity contribution < 1.29 is 4.79 Å². The van der Waals surface area contributed by atoms with Gasteiger partial charge in [-0.2, -0.15) is 0 Å². The summed E-state index contributed by atoms with van der Waals surface area (Å²) in [6.07, 6.45) is 4.62. The molecule has 1 aromatic carbocycles. The Labute approximate surface area is 120 Å². The van der Waals surface area contributed by atoms with E-state index in [1.165, 1.54) is 25.8 Å². The highest BCUT2D eigenvalue weighted by Gasteiger charge is 2.37. The number of likely N-dealkylation sites (tertiary alicyclic amines) is 1. The van der Waals surface area contributed by atoms with Crippen LogP contribution < -0.4 is 11.1 Å². The molecular weight excluding hydrogens is 250 g/mol. The molecule has 0 aromatic heterocycles. The maximum absolute atomic E-state index is 12.1. The van der Waals surface area contributed by atoms with E-state index in [-0.39, 0.29) is 5.91 Å². The number of benzene rings is 1. The van der Waals surface area contributed by atoms with Crippen molar-refractivity contribution in [1.29, 1.82) is 0 Å². The molecule has 2 fully saturated rings. The van der Waals surface area contributed by atoms with Crippen LogP contribution in [0.1, 0.15) is 31.2 Å². The Hall–Kier alpha value is -1.39. The smallest absolute Gasteiger partial charge is 0.225 e. The SMILES string of the molecule is NCc1ccccc1NC(=O)CCN1CC2CCC1C2. The summed E-state index contributed by atoms with van der Waals surface area (Å²) in [7, 11) is 0. The average molecular weight is 273 g/mol. The summed E-state index contributed by atoms with van der Waals surface area (Å²) < 4.78 is 0. The molecule has 108 valence electrons. The number of carbonyl (C=O) groups excluding carboxylic acids is 1. The molecule has 0 radical (unpaired) electrons. The number of amides is 1. The van der Waals surface area contributed by atoms with E-state index in [0.29, 0.717) is 13.0 Å². The van der Waals surface area contributed by atoms with E-state index in [1.807, 2.05) is 24.3 Å². The Bertz CT molecular complexity index is 488. The van der Waals surface area contributed by atoms with Gasteiger partial charge in [-0.3, -0.25) is 9.69 Å². The molecule has 4 heteroatoms. The molecule has 20 heavy (non-hydrogen) atoms. The number of nitrogens with one attached hydrogen (secondary N) is 1. The third-order valence-corrected chi connectivity index (χ3v) is 4.66. The zero-order valence-corrected chi connectivity index (χ0v) is 11.8. The van der Waals surface area contributed by atoms with Gasteiger partial charge in [0, 0.05) is 37.8 Å². The molecule has 1 saturated heterocycles. The summed E-state index contributed by atoms with van der Waals surface area (Å²) in [6, 6.07) is 8.48. The first kappa shape index (κ1) is 13.6. The predicted octanol–water partition coefficient (Wildman–Crippen LogP) is 1.96. The maximum Gasteiger partial charge on any atom is 0.225 e. The number of piperidine rings is 1. The summed E-state index contributed by atoms with van der Waals surface area (Å²) in [4.78, 5) is 14.6. The van der Waals surface area contributed by atoms with Crippen LogP contribution in [0.15, 0.2) is 24.3 Å². The fourth-order valence-electron chi connectivity index (χ4n) is 3.58. The minimum Gasteiger partial charge on any atom is -0.326 e. The van der Waals surface area contributed by atoms with Crippen LogP contribution >= 0.6 is 0 Å². The molecule has 1 heterocycles. The first-order chi connectivity index (χ1) is 9.76. The largest absolute Gasteiger partial charge is 0.326 e. The maximum atomic E-state index is 12.1. The molecule has 1 aliphatic heterocycles. The van der Waals surface area contributed by atoms with Gasteiger partial charge in [0.2, 0.25) is 5.91 Å². The molecule has 3 rings (SSSR count). The number of rotatable bonds is 5. The minimum absolute atomic E-state index is 0.0914. The third-order valence-electron chi connectivity index (χ3n) is 4.66. The highest BCUT2D eigenvalue weighted by Crippen LogP contribution is 2.37. The molecule has 0 spiro atoms. The zero-order chi connectivity index (χ0) is 13.9. The van der Waals surface area contributed by atoms with E-state index in [0.717, 1.165) is 29.8 Å². The lowest BCUT2D eigenvalue weighted by atomic mass is 10.1.